The van der Waals surface area contributed by atoms with Gasteiger partial charge in [-0.15, -0.1) is 0 Å². The standard InChI is InChI=1S/C10H18N6O/c1-6(2)13-9(17)5-12-8-4-7(3)14-10(15-8)16-11/h4,6H,5,11H2,1-3H3,(H,13,17)(H2,12,14,15,16). The zero-order valence-electron chi connectivity index (χ0n) is 10.2. The molecule has 5 N–H and O–H groups in total. The Hall–Kier alpha value is -1.89. The molecule has 7 heteroatoms. The number of anilines is 2. The van der Waals surface area contributed by atoms with Gasteiger partial charge < -0.3 is 10.6 Å². The third-order valence-electron chi connectivity index (χ3n) is 1.86. The van der Waals surface area contributed by atoms with Crippen LogP contribution in [0, 0.1) is 6.92 Å². The maximum atomic E-state index is 11.4. The molecule has 0 fully saturated rings. The lowest BCUT2D eigenvalue weighted by molar-refractivity contribution is -0.119. The van der Waals surface area contributed by atoms with Gasteiger partial charge in [0.05, 0.1) is 6.54 Å². The van der Waals surface area contributed by atoms with Crippen molar-refractivity contribution >= 4 is 17.7 Å². The van der Waals surface area contributed by atoms with E-state index in [1.165, 1.54) is 0 Å². The number of nitrogen functional groups attached to an aromatic ring is 1. The van der Waals surface area contributed by atoms with Crippen LogP contribution in [0.3, 0.4) is 0 Å². The fourth-order valence-corrected chi connectivity index (χ4v) is 1.27. The van der Waals surface area contributed by atoms with Crippen molar-refractivity contribution in [3.8, 4) is 0 Å². The molecule has 1 heterocycles. The van der Waals surface area contributed by atoms with Gasteiger partial charge in [-0.3, -0.25) is 10.2 Å². The van der Waals surface area contributed by atoms with E-state index in [9.17, 15) is 4.79 Å². The van der Waals surface area contributed by atoms with E-state index >= 15 is 0 Å². The summed E-state index contributed by atoms with van der Waals surface area (Å²) < 4.78 is 0. The zero-order valence-corrected chi connectivity index (χ0v) is 10.2. The van der Waals surface area contributed by atoms with E-state index in [1.807, 2.05) is 20.8 Å². The van der Waals surface area contributed by atoms with Gasteiger partial charge in [-0.1, -0.05) is 0 Å². The second kappa shape index (κ2) is 6.00. The average Bonchev–Trinajstić information content (AvgIpc) is 2.24. The first kappa shape index (κ1) is 13.2. The fourth-order valence-electron chi connectivity index (χ4n) is 1.27. The molecule has 0 aliphatic heterocycles. The lowest BCUT2D eigenvalue weighted by Gasteiger charge is -2.10. The van der Waals surface area contributed by atoms with Gasteiger partial charge in [0, 0.05) is 17.8 Å². The highest BCUT2D eigenvalue weighted by molar-refractivity contribution is 5.80. The highest BCUT2D eigenvalue weighted by Gasteiger charge is 2.05. The number of hydrogen-bond donors (Lipinski definition) is 4. The third kappa shape index (κ3) is 4.64. The molecule has 17 heavy (non-hydrogen) atoms. The number of aromatic nitrogens is 2. The molecule has 0 bridgehead atoms. The number of carbonyl (C=O) groups excluding carboxylic acids is 1. The molecule has 0 radical (unpaired) electrons. The maximum absolute atomic E-state index is 11.4. The summed E-state index contributed by atoms with van der Waals surface area (Å²) in [7, 11) is 0. The van der Waals surface area contributed by atoms with Crippen LogP contribution in [0.25, 0.3) is 0 Å². The van der Waals surface area contributed by atoms with Crippen LogP contribution in [0.4, 0.5) is 11.8 Å². The summed E-state index contributed by atoms with van der Waals surface area (Å²) in [6.07, 6.45) is 0. The van der Waals surface area contributed by atoms with Crippen molar-refractivity contribution in [1.29, 1.82) is 0 Å². The predicted molar refractivity (Wildman–Crippen MR) is 66.3 cm³/mol. The first-order valence-electron chi connectivity index (χ1n) is 5.37. The largest absolute Gasteiger partial charge is 0.361 e. The summed E-state index contributed by atoms with van der Waals surface area (Å²) in [5.74, 6) is 6.02. The van der Waals surface area contributed by atoms with Crippen LogP contribution in [-0.2, 0) is 4.79 Å². The molecule has 0 atom stereocenters. The van der Waals surface area contributed by atoms with Crippen LogP contribution < -0.4 is 21.9 Å². The smallest absolute Gasteiger partial charge is 0.239 e. The van der Waals surface area contributed by atoms with Crippen molar-refractivity contribution in [2.45, 2.75) is 26.8 Å². The van der Waals surface area contributed by atoms with Crippen LogP contribution in [-0.4, -0.2) is 28.5 Å². The van der Waals surface area contributed by atoms with Gasteiger partial charge in [0.25, 0.3) is 0 Å². The molecule has 1 aromatic rings. The molecule has 0 aromatic carbocycles. The van der Waals surface area contributed by atoms with Gasteiger partial charge >= 0.3 is 0 Å². The zero-order chi connectivity index (χ0) is 12.8. The monoisotopic (exact) mass is 238 g/mol. The number of carbonyl (C=O) groups is 1. The van der Waals surface area contributed by atoms with E-state index in [4.69, 9.17) is 5.84 Å². The minimum atomic E-state index is -0.0847. The first-order chi connectivity index (χ1) is 8.01. The SMILES string of the molecule is Cc1cc(NCC(=O)NC(C)C)nc(NN)n1. The van der Waals surface area contributed by atoms with Crippen molar-refractivity contribution in [1.82, 2.24) is 15.3 Å². The van der Waals surface area contributed by atoms with Crippen LogP contribution in [0.15, 0.2) is 6.07 Å². The Morgan fingerprint density at radius 3 is 2.76 bits per heavy atom. The van der Waals surface area contributed by atoms with E-state index in [0.717, 1.165) is 5.69 Å². The van der Waals surface area contributed by atoms with Crippen LogP contribution in [0.5, 0.6) is 0 Å². The fraction of sp³-hybridized carbons (Fsp3) is 0.500. The summed E-state index contributed by atoms with van der Waals surface area (Å²) in [4.78, 5) is 19.5. The lowest BCUT2D eigenvalue weighted by Crippen LogP contribution is -2.35. The number of nitrogens with two attached hydrogens (primary N) is 1. The highest BCUT2D eigenvalue weighted by atomic mass is 16.1. The normalized spacial score (nSPS) is 10.2. The third-order valence-corrected chi connectivity index (χ3v) is 1.86. The van der Waals surface area contributed by atoms with Crippen molar-refractivity contribution in [3.05, 3.63) is 11.8 Å². The molecular weight excluding hydrogens is 220 g/mol. The summed E-state index contributed by atoms with van der Waals surface area (Å²) in [5.41, 5.74) is 3.13. The number of rotatable bonds is 5. The number of amides is 1. The quantitative estimate of drug-likeness (QED) is 0.425. The molecule has 7 nitrogen and oxygen atoms in total. The Labute approximate surface area is 100 Å². The van der Waals surface area contributed by atoms with Crippen LogP contribution in [0.1, 0.15) is 19.5 Å². The molecule has 0 aliphatic carbocycles. The second-order valence-corrected chi connectivity index (χ2v) is 3.94. The Balaban J connectivity index is 2.57. The minimum Gasteiger partial charge on any atom is -0.361 e. The number of nitrogens with zero attached hydrogens (tertiary/aromatic N) is 2. The predicted octanol–water partition coefficient (Wildman–Crippen LogP) is 0.00712. The number of hydrogen-bond acceptors (Lipinski definition) is 6. The Bertz CT molecular complexity index is 392. The van der Waals surface area contributed by atoms with Gasteiger partial charge in [0.2, 0.25) is 11.9 Å². The van der Waals surface area contributed by atoms with Gasteiger partial charge in [-0.25, -0.2) is 10.8 Å². The van der Waals surface area contributed by atoms with E-state index in [2.05, 4.69) is 26.0 Å². The first-order valence-corrected chi connectivity index (χ1v) is 5.37. The van der Waals surface area contributed by atoms with Crippen molar-refractivity contribution in [2.75, 3.05) is 17.3 Å². The van der Waals surface area contributed by atoms with Gasteiger partial charge in [0.15, 0.2) is 0 Å². The molecule has 0 aliphatic rings. The summed E-state index contributed by atoms with van der Waals surface area (Å²) >= 11 is 0. The molecule has 0 saturated heterocycles. The number of nitrogens with one attached hydrogen (secondary N) is 3. The lowest BCUT2D eigenvalue weighted by atomic mass is 10.4. The summed E-state index contributed by atoms with van der Waals surface area (Å²) in [6.45, 7) is 5.80. The van der Waals surface area contributed by atoms with Crippen molar-refractivity contribution in [3.63, 3.8) is 0 Å². The topological polar surface area (TPSA) is 105 Å². The van der Waals surface area contributed by atoms with Crippen molar-refractivity contribution in [2.24, 2.45) is 5.84 Å². The molecule has 1 rings (SSSR count). The van der Waals surface area contributed by atoms with E-state index in [-0.39, 0.29) is 18.5 Å². The van der Waals surface area contributed by atoms with Crippen molar-refractivity contribution < 1.29 is 4.79 Å². The maximum Gasteiger partial charge on any atom is 0.239 e. The Kier molecular flexibility index (Phi) is 4.65. The molecule has 94 valence electrons. The van der Waals surface area contributed by atoms with Gasteiger partial charge in [-0.2, -0.15) is 4.98 Å². The molecule has 1 aromatic heterocycles. The second-order valence-electron chi connectivity index (χ2n) is 3.94. The Morgan fingerprint density at radius 2 is 2.18 bits per heavy atom. The average molecular weight is 238 g/mol. The van der Waals surface area contributed by atoms with E-state index in [0.29, 0.717) is 11.8 Å². The Morgan fingerprint density at radius 1 is 1.47 bits per heavy atom. The van der Waals surface area contributed by atoms with Crippen LogP contribution in [0.2, 0.25) is 0 Å². The molecule has 1 amide bonds. The van der Waals surface area contributed by atoms with Crippen LogP contribution >= 0.6 is 0 Å². The summed E-state index contributed by atoms with van der Waals surface area (Å²) in [6, 6.07) is 1.86. The highest BCUT2D eigenvalue weighted by Crippen LogP contribution is 2.07. The minimum absolute atomic E-state index is 0.0847. The van der Waals surface area contributed by atoms with Gasteiger partial charge in [-0.05, 0) is 20.8 Å². The molecular formula is C10H18N6O. The number of aryl methyl sites for hydroxylation is 1. The van der Waals surface area contributed by atoms with E-state index < -0.39 is 0 Å². The molecule has 0 unspecified atom stereocenters. The molecule has 0 spiro atoms. The van der Waals surface area contributed by atoms with Gasteiger partial charge in [0.1, 0.15) is 5.82 Å². The number of hydrazine groups is 1. The van der Waals surface area contributed by atoms with E-state index in [1.54, 1.807) is 6.07 Å². The molecule has 0 saturated carbocycles. The summed E-state index contributed by atoms with van der Waals surface area (Å²) in [5, 5.41) is 5.68.